The van der Waals surface area contributed by atoms with E-state index in [0.29, 0.717) is 5.56 Å². The van der Waals surface area contributed by atoms with Gasteiger partial charge in [-0.15, -0.1) is 11.3 Å². The van der Waals surface area contributed by atoms with Crippen LogP contribution in [0.5, 0.6) is 0 Å². The Kier molecular flexibility index (Phi) is 5.58. The molecule has 1 aliphatic carbocycles. The Morgan fingerprint density at radius 3 is 2.60 bits per heavy atom. The molecular weight excluding hydrogens is 396 g/mol. The minimum absolute atomic E-state index is 0.589. The van der Waals surface area contributed by atoms with Crippen molar-refractivity contribution >= 4 is 38.8 Å². The maximum Gasteiger partial charge on any atom is 0.337 e. The topological polar surface area (TPSA) is 71.8 Å². The number of aliphatic carboxylic acids is 1. The molecule has 0 aromatic carbocycles. The van der Waals surface area contributed by atoms with Gasteiger partial charge in [-0.05, 0) is 89.5 Å². The quantitative estimate of drug-likeness (QED) is 0.683. The van der Waals surface area contributed by atoms with Gasteiger partial charge >= 0.3 is 5.97 Å². The molecule has 2 aromatic rings. The maximum atomic E-state index is 12.4. The van der Waals surface area contributed by atoms with Crippen molar-refractivity contribution in [2.45, 2.75) is 78.4 Å². The van der Waals surface area contributed by atoms with Gasteiger partial charge in [0.25, 0.3) is 0 Å². The van der Waals surface area contributed by atoms with E-state index in [2.05, 4.69) is 11.1 Å². The Labute approximate surface area is 181 Å². The lowest BCUT2D eigenvalue weighted by molar-refractivity contribution is -0.160. The Morgan fingerprint density at radius 1 is 1.20 bits per heavy atom. The second kappa shape index (κ2) is 7.89. The third kappa shape index (κ3) is 3.95. The second-order valence-corrected chi connectivity index (χ2v) is 10.4. The van der Waals surface area contributed by atoms with E-state index in [9.17, 15) is 9.90 Å². The van der Waals surface area contributed by atoms with Crippen LogP contribution in [0.4, 0.5) is 0 Å². The van der Waals surface area contributed by atoms with Crippen molar-refractivity contribution in [1.82, 2.24) is 4.98 Å². The lowest BCUT2D eigenvalue weighted by atomic mass is 9.86. The number of hydrogen-bond acceptors (Lipinski definition) is 5. The Hall–Kier alpha value is -2.05. The molecular formula is C24H30N2O3S. The number of hydrogen-bond donors (Lipinski definition) is 1. The van der Waals surface area contributed by atoms with Crippen molar-refractivity contribution < 1.29 is 14.6 Å². The van der Waals surface area contributed by atoms with Gasteiger partial charge in [-0.1, -0.05) is 0 Å². The van der Waals surface area contributed by atoms with E-state index in [0.717, 1.165) is 58.6 Å². The average Bonchev–Trinajstić information content (AvgIpc) is 3.02. The smallest absolute Gasteiger partial charge is 0.337 e. The lowest BCUT2D eigenvalue weighted by Gasteiger charge is -2.29. The summed E-state index contributed by atoms with van der Waals surface area (Å²) < 4.78 is 6.10. The summed E-state index contributed by atoms with van der Waals surface area (Å²) in [5.74, 6) is -0.971. The number of ether oxygens (including phenoxy) is 1. The number of carboxylic acid groups (broad SMARTS) is 1. The number of thiophene rings is 1. The van der Waals surface area contributed by atoms with Gasteiger partial charge in [0, 0.05) is 33.8 Å². The fraction of sp³-hybridized carbons (Fsp3) is 0.542. The first kappa shape index (κ1) is 21.2. The molecule has 4 rings (SSSR count). The molecule has 0 saturated carbocycles. The zero-order valence-electron chi connectivity index (χ0n) is 18.5. The van der Waals surface area contributed by atoms with Gasteiger partial charge in [-0.3, -0.25) is 4.99 Å². The van der Waals surface area contributed by atoms with Crippen LogP contribution < -0.4 is 0 Å². The van der Waals surface area contributed by atoms with Crippen LogP contribution in [-0.4, -0.2) is 33.9 Å². The first-order valence-electron chi connectivity index (χ1n) is 10.7. The van der Waals surface area contributed by atoms with Gasteiger partial charge in [-0.25, -0.2) is 9.78 Å². The van der Waals surface area contributed by atoms with Crippen LogP contribution in [0.3, 0.4) is 0 Å². The van der Waals surface area contributed by atoms with Crippen LogP contribution in [0.25, 0.3) is 15.8 Å². The highest BCUT2D eigenvalue weighted by atomic mass is 32.1. The molecule has 0 saturated heterocycles. The fourth-order valence-electron chi connectivity index (χ4n) is 4.58. The second-order valence-electron chi connectivity index (χ2n) is 9.27. The molecule has 0 amide bonds. The Bertz CT molecular complexity index is 1070. The SMILES string of the molecule is CC1=NCCC(c2c([C@@H](OC(C)(C)C)C(=O)O)c(C)nc3sc4c(c23)CCCC4)=C1. The van der Waals surface area contributed by atoms with Gasteiger partial charge < -0.3 is 9.84 Å². The van der Waals surface area contributed by atoms with Crippen LogP contribution in [0, 0.1) is 6.92 Å². The summed E-state index contributed by atoms with van der Waals surface area (Å²) in [6, 6.07) is 0. The highest BCUT2D eigenvalue weighted by molar-refractivity contribution is 7.18. The zero-order chi connectivity index (χ0) is 21.6. The lowest BCUT2D eigenvalue weighted by Crippen LogP contribution is -2.29. The van der Waals surface area contributed by atoms with Crippen molar-refractivity contribution in [3.05, 3.63) is 33.3 Å². The number of carbonyl (C=O) groups is 1. The van der Waals surface area contributed by atoms with Gasteiger partial charge in [0.15, 0.2) is 6.10 Å². The molecule has 1 atom stereocenters. The van der Waals surface area contributed by atoms with E-state index in [4.69, 9.17) is 9.72 Å². The van der Waals surface area contributed by atoms with Crippen molar-refractivity contribution in [2.75, 3.05) is 6.54 Å². The normalized spacial score (nSPS) is 18.0. The average molecular weight is 427 g/mol. The van der Waals surface area contributed by atoms with Crippen LogP contribution >= 0.6 is 11.3 Å². The van der Waals surface area contributed by atoms with Crippen LogP contribution in [0.2, 0.25) is 0 Å². The summed E-state index contributed by atoms with van der Waals surface area (Å²) in [6.07, 6.45) is 6.35. The van der Waals surface area contributed by atoms with E-state index >= 15 is 0 Å². The van der Waals surface area contributed by atoms with Crippen LogP contribution in [0.15, 0.2) is 11.1 Å². The number of pyridine rings is 1. The van der Waals surface area contributed by atoms with Gasteiger partial charge in [0.2, 0.25) is 0 Å². The molecule has 1 N–H and O–H groups in total. The zero-order valence-corrected chi connectivity index (χ0v) is 19.3. The summed E-state index contributed by atoms with van der Waals surface area (Å²) in [6.45, 7) is 10.3. The number of dihydropyridines is 1. The third-order valence-electron chi connectivity index (χ3n) is 5.74. The molecule has 30 heavy (non-hydrogen) atoms. The van der Waals surface area contributed by atoms with E-state index in [1.165, 1.54) is 23.3 Å². The highest BCUT2D eigenvalue weighted by Crippen LogP contribution is 2.44. The Balaban J connectivity index is 2.06. The number of allylic oxidation sites excluding steroid dienone is 1. The molecule has 3 heterocycles. The Morgan fingerprint density at radius 2 is 1.93 bits per heavy atom. The predicted molar refractivity (Wildman–Crippen MR) is 123 cm³/mol. The van der Waals surface area contributed by atoms with Crippen LogP contribution in [0.1, 0.15) is 80.3 Å². The van der Waals surface area contributed by atoms with Crippen LogP contribution in [-0.2, 0) is 22.4 Å². The van der Waals surface area contributed by atoms with E-state index in [1.54, 1.807) is 11.3 Å². The number of aliphatic imine (C=N–C) groups is 1. The number of aryl methyl sites for hydroxylation is 3. The van der Waals surface area contributed by atoms with Crippen molar-refractivity contribution in [2.24, 2.45) is 4.99 Å². The van der Waals surface area contributed by atoms with Gasteiger partial charge in [0.05, 0.1) is 5.60 Å². The molecule has 0 spiro atoms. The van der Waals surface area contributed by atoms with Crippen molar-refractivity contribution in [3.63, 3.8) is 0 Å². The van der Waals surface area contributed by atoms with Crippen molar-refractivity contribution in [1.29, 1.82) is 0 Å². The first-order chi connectivity index (χ1) is 14.2. The summed E-state index contributed by atoms with van der Waals surface area (Å²) in [5.41, 5.74) is 5.40. The summed E-state index contributed by atoms with van der Waals surface area (Å²) >= 11 is 1.78. The van der Waals surface area contributed by atoms with E-state index in [1.807, 2.05) is 34.6 Å². The number of fused-ring (bicyclic) bond motifs is 3. The number of carboxylic acids is 1. The minimum atomic E-state index is -1.06. The molecule has 2 aliphatic rings. The minimum Gasteiger partial charge on any atom is -0.479 e. The van der Waals surface area contributed by atoms with Crippen molar-refractivity contribution in [3.8, 4) is 0 Å². The number of aromatic nitrogens is 1. The van der Waals surface area contributed by atoms with Gasteiger partial charge in [0.1, 0.15) is 4.83 Å². The molecule has 0 unspecified atom stereocenters. The molecule has 5 nitrogen and oxygen atoms in total. The summed E-state index contributed by atoms with van der Waals surface area (Å²) in [7, 11) is 0. The highest BCUT2D eigenvalue weighted by Gasteiger charge is 2.34. The molecule has 0 fully saturated rings. The maximum absolute atomic E-state index is 12.4. The summed E-state index contributed by atoms with van der Waals surface area (Å²) in [4.78, 5) is 24.3. The first-order valence-corrected chi connectivity index (χ1v) is 11.5. The monoisotopic (exact) mass is 426 g/mol. The molecule has 160 valence electrons. The molecule has 0 radical (unpaired) electrons. The molecule has 0 bridgehead atoms. The van der Waals surface area contributed by atoms with E-state index < -0.39 is 17.7 Å². The molecule has 1 aliphatic heterocycles. The number of nitrogens with zero attached hydrogens (tertiary/aromatic N) is 2. The summed E-state index contributed by atoms with van der Waals surface area (Å²) in [5, 5.41) is 11.3. The molecule has 6 heteroatoms. The van der Waals surface area contributed by atoms with Gasteiger partial charge in [-0.2, -0.15) is 0 Å². The largest absolute Gasteiger partial charge is 0.479 e. The third-order valence-corrected chi connectivity index (χ3v) is 6.92. The number of rotatable bonds is 4. The standard InChI is InChI=1S/C24H30N2O3S/c1-13-12-15(10-11-25-13)19-18(21(23(27)28)29-24(3,4)5)14(2)26-22-20(19)16-8-6-7-9-17(16)30-22/h12,21H,6-11H2,1-5H3,(H,27,28)/t21-/m1/s1. The predicted octanol–water partition coefficient (Wildman–Crippen LogP) is 5.67. The fourth-order valence-corrected chi connectivity index (χ4v) is 5.89. The van der Waals surface area contributed by atoms with E-state index in [-0.39, 0.29) is 0 Å². The molecule has 2 aromatic heterocycles.